The van der Waals surface area contributed by atoms with E-state index in [4.69, 9.17) is 5.73 Å². The molecule has 0 heterocycles. The summed E-state index contributed by atoms with van der Waals surface area (Å²) in [6.45, 7) is 4.11. The van der Waals surface area contributed by atoms with E-state index in [-0.39, 0.29) is 47.9 Å². The molecule has 2 rings (SSSR count). The van der Waals surface area contributed by atoms with Gasteiger partial charge >= 0.3 is 0 Å². The van der Waals surface area contributed by atoms with Crippen LogP contribution in [0.2, 0.25) is 0 Å². The second-order valence-corrected chi connectivity index (χ2v) is 6.55. The van der Waals surface area contributed by atoms with Crippen LogP contribution in [-0.4, -0.2) is 30.9 Å². The smallest absolute Gasteiger partial charge is 0.239 e. The van der Waals surface area contributed by atoms with Gasteiger partial charge in [-0.25, -0.2) is 4.39 Å². The summed E-state index contributed by atoms with van der Waals surface area (Å²) in [6.07, 6.45) is 1.92. The highest BCUT2D eigenvalue weighted by molar-refractivity contribution is 5.87. The minimum atomic E-state index is -0.614. The Balaban J connectivity index is 0.00000288. The van der Waals surface area contributed by atoms with Gasteiger partial charge in [0.25, 0.3) is 0 Å². The maximum atomic E-state index is 13.0. The molecular formula is C17H25ClFN3O2. The van der Waals surface area contributed by atoms with Crippen LogP contribution in [0.25, 0.3) is 0 Å². The molecule has 24 heavy (non-hydrogen) atoms. The molecule has 134 valence electrons. The topological polar surface area (TPSA) is 84.2 Å². The first kappa shape index (κ1) is 20.4. The second kappa shape index (κ2) is 8.44. The van der Waals surface area contributed by atoms with Crippen LogP contribution in [0.3, 0.4) is 0 Å². The third kappa shape index (κ3) is 5.18. The van der Waals surface area contributed by atoms with E-state index >= 15 is 0 Å². The van der Waals surface area contributed by atoms with Crippen LogP contribution >= 0.6 is 12.4 Å². The summed E-state index contributed by atoms with van der Waals surface area (Å²) in [4.78, 5) is 23.6. The van der Waals surface area contributed by atoms with Crippen LogP contribution < -0.4 is 16.4 Å². The van der Waals surface area contributed by atoms with Crippen molar-refractivity contribution < 1.29 is 14.0 Å². The number of carbonyl (C=O) groups is 2. The fourth-order valence-electron chi connectivity index (χ4n) is 2.44. The number of benzene rings is 1. The van der Waals surface area contributed by atoms with E-state index in [2.05, 4.69) is 10.6 Å². The van der Waals surface area contributed by atoms with Crippen molar-refractivity contribution in [2.75, 3.05) is 13.1 Å². The second-order valence-electron chi connectivity index (χ2n) is 6.55. The van der Waals surface area contributed by atoms with Crippen molar-refractivity contribution in [2.24, 2.45) is 11.7 Å². The van der Waals surface area contributed by atoms with Crippen molar-refractivity contribution in [3.8, 4) is 0 Å². The molecule has 1 fully saturated rings. The Kier molecular flexibility index (Phi) is 7.17. The van der Waals surface area contributed by atoms with Crippen LogP contribution in [0.1, 0.15) is 32.3 Å². The molecule has 4 N–H and O–H groups in total. The third-order valence-corrected chi connectivity index (χ3v) is 4.38. The quantitative estimate of drug-likeness (QED) is 0.691. The van der Waals surface area contributed by atoms with Crippen LogP contribution in [0.5, 0.6) is 0 Å². The number of rotatable bonds is 7. The zero-order valence-corrected chi connectivity index (χ0v) is 14.8. The highest BCUT2D eigenvalue weighted by Gasteiger charge is 2.44. The normalized spacial score (nSPS) is 16.0. The maximum Gasteiger partial charge on any atom is 0.239 e. The van der Waals surface area contributed by atoms with Gasteiger partial charge in [-0.2, -0.15) is 0 Å². The summed E-state index contributed by atoms with van der Waals surface area (Å²) >= 11 is 0. The van der Waals surface area contributed by atoms with E-state index in [0.717, 1.165) is 18.4 Å². The molecule has 1 aliphatic rings. The molecule has 2 amide bonds. The molecule has 0 aromatic heterocycles. The first-order valence-electron chi connectivity index (χ1n) is 7.90. The highest BCUT2D eigenvalue weighted by Crippen LogP contribution is 2.47. The lowest BCUT2D eigenvalue weighted by atomic mass is 9.96. The summed E-state index contributed by atoms with van der Waals surface area (Å²) in [5, 5.41) is 5.38. The fraction of sp³-hybridized carbons (Fsp3) is 0.529. The first-order valence-corrected chi connectivity index (χ1v) is 7.90. The van der Waals surface area contributed by atoms with Crippen molar-refractivity contribution in [2.45, 2.75) is 38.1 Å². The molecule has 0 unspecified atom stereocenters. The largest absolute Gasteiger partial charge is 0.354 e. The van der Waals surface area contributed by atoms with Gasteiger partial charge in [0, 0.05) is 12.0 Å². The summed E-state index contributed by atoms with van der Waals surface area (Å²) < 4.78 is 13.0. The van der Waals surface area contributed by atoms with Gasteiger partial charge in [0.2, 0.25) is 11.8 Å². The van der Waals surface area contributed by atoms with Crippen molar-refractivity contribution in [3.05, 3.63) is 35.6 Å². The zero-order valence-electron chi connectivity index (χ0n) is 14.0. The number of amides is 2. The lowest BCUT2D eigenvalue weighted by Gasteiger charge is -2.18. The third-order valence-electron chi connectivity index (χ3n) is 4.38. The summed E-state index contributed by atoms with van der Waals surface area (Å²) in [5.74, 6) is -0.818. The van der Waals surface area contributed by atoms with E-state index in [9.17, 15) is 14.0 Å². The molecule has 1 saturated carbocycles. The molecular weight excluding hydrogens is 333 g/mol. The molecule has 1 atom stereocenters. The van der Waals surface area contributed by atoms with Gasteiger partial charge in [-0.15, -0.1) is 12.4 Å². The van der Waals surface area contributed by atoms with Gasteiger partial charge in [-0.3, -0.25) is 9.59 Å². The predicted molar refractivity (Wildman–Crippen MR) is 93.4 cm³/mol. The van der Waals surface area contributed by atoms with Gasteiger partial charge in [0.05, 0.1) is 12.6 Å². The lowest BCUT2D eigenvalue weighted by molar-refractivity contribution is -0.127. The van der Waals surface area contributed by atoms with Gasteiger partial charge in [-0.1, -0.05) is 26.0 Å². The summed E-state index contributed by atoms with van der Waals surface area (Å²) in [6, 6.07) is 5.78. The molecule has 0 aliphatic heterocycles. The van der Waals surface area contributed by atoms with Gasteiger partial charge in [0.15, 0.2) is 0 Å². The molecule has 0 bridgehead atoms. The number of hydrogen-bond acceptors (Lipinski definition) is 3. The SMILES string of the molecule is CC(C)[C@H](N)C(=O)NCC(=O)NCC1(c2ccc(F)cc2)CC1.Cl. The summed E-state index contributed by atoms with van der Waals surface area (Å²) in [5.41, 5.74) is 6.65. The molecule has 5 nitrogen and oxygen atoms in total. The Hall–Kier alpha value is -1.66. The standard InChI is InChI=1S/C17H24FN3O2.ClH/c1-11(2)15(19)16(23)20-9-14(22)21-10-17(7-8-17)12-3-5-13(18)6-4-12;/h3-6,11,15H,7-10,19H2,1-2H3,(H,20,23)(H,21,22);1H/t15-;/m0./s1. The highest BCUT2D eigenvalue weighted by atomic mass is 35.5. The van der Waals surface area contributed by atoms with Crippen molar-refractivity contribution in [1.82, 2.24) is 10.6 Å². The number of nitrogens with one attached hydrogen (secondary N) is 2. The van der Waals surface area contributed by atoms with Gasteiger partial charge in [-0.05, 0) is 36.5 Å². The average Bonchev–Trinajstić information content (AvgIpc) is 3.31. The molecule has 1 aromatic carbocycles. The average molecular weight is 358 g/mol. The first-order chi connectivity index (χ1) is 10.8. The van der Waals surface area contributed by atoms with Crippen LogP contribution in [-0.2, 0) is 15.0 Å². The number of halogens is 2. The minimum absolute atomic E-state index is 0. The van der Waals surface area contributed by atoms with Crippen molar-refractivity contribution in [3.63, 3.8) is 0 Å². The predicted octanol–water partition coefficient (Wildman–Crippen LogP) is 1.49. The van der Waals surface area contributed by atoms with E-state index < -0.39 is 6.04 Å². The van der Waals surface area contributed by atoms with Gasteiger partial charge in [0.1, 0.15) is 5.82 Å². The lowest BCUT2D eigenvalue weighted by Crippen LogP contribution is -2.47. The molecule has 0 spiro atoms. The van der Waals surface area contributed by atoms with Crippen molar-refractivity contribution in [1.29, 1.82) is 0 Å². The number of carbonyl (C=O) groups excluding carboxylic acids is 2. The molecule has 0 radical (unpaired) electrons. The van der Waals surface area contributed by atoms with Crippen molar-refractivity contribution >= 4 is 24.2 Å². The van der Waals surface area contributed by atoms with E-state index in [1.165, 1.54) is 12.1 Å². The molecule has 1 aliphatic carbocycles. The maximum absolute atomic E-state index is 13.0. The van der Waals surface area contributed by atoms with Crippen LogP contribution in [0.4, 0.5) is 4.39 Å². The number of hydrogen-bond donors (Lipinski definition) is 3. The van der Waals surface area contributed by atoms with E-state index in [1.54, 1.807) is 12.1 Å². The zero-order chi connectivity index (χ0) is 17.0. The van der Waals surface area contributed by atoms with E-state index in [0.29, 0.717) is 6.54 Å². The Morgan fingerprint density at radius 2 is 1.79 bits per heavy atom. The molecule has 7 heteroatoms. The van der Waals surface area contributed by atoms with E-state index in [1.807, 2.05) is 13.8 Å². The van der Waals surface area contributed by atoms with Crippen LogP contribution in [0, 0.1) is 11.7 Å². The molecule has 0 saturated heterocycles. The van der Waals surface area contributed by atoms with Crippen LogP contribution in [0.15, 0.2) is 24.3 Å². The Bertz CT molecular complexity index is 574. The Labute approximate surface area is 148 Å². The van der Waals surface area contributed by atoms with Gasteiger partial charge < -0.3 is 16.4 Å². The Morgan fingerprint density at radius 1 is 1.21 bits per heavy atom. The fourth-order valence-corrected chi connectivity index (χ4v) is 2.44. The monoisotopic (exact) mass is 357 g/mol. The number of nitrogens with two attached hydrogens (primary N) is 1. The summed E-state index contributed by atoms with van der Waals surface area (Å²) in [7, 11) is 0. The molecule has 1 aromatic rings. The Morgan fingerprint density at radius 3 is 2.29 bits per heavy atom. The minimum Gasteiger partial charge on any atom is -0.354 e.